The van der Waals surface area contributed by atoms with Gasteiger partial charge in [0.2, 0.25) is 5.13 Å². The van der Waals surface area contributed by atoms with E-state index in [1.165, 1.54) is 11.8 Å². The first-order valence-corrected chi connectivity index (χ1v) is 6.05. The molecule has 0 saturated carbocycles. The van der Waals surface area contributed by atoms with Gasteiger partial charge in [-0.05, 0) is 15.9 Å². The van der Waals surface area contributed by atoms with E-state index < -0.39 is 5.97 Å². The maximum absolute atomic E-state index is 11.3. The van der Waals surface area contributed by atoms with Crippen LogP contribution in [0.25, 0.3) is 5.13 Å². The van der Waals surface area contributed by atoms with Gasteiger partial charge in [0.15, 0.2) is 10.0 Å². The highest BCUT2D eigenvalue weighted by Crippen LogP contribution is 2.26. The highest BCUT2D eigenvalue weighted by atomic mass is 79.9. The van der Waals surface area contributed by atoms with E-state index in [1.807, 2.05) is 0 Å². The largest absolute Gasteiger partial charge is 0.465 e. The predicted molar refractivity (Wildman–Crippen MR) is 63.3 cm³/mol. The Balaban J connectivity index is 2.41. The monoisotopic (exact) mass is 321 g/mol. The number of nitrogens with zero attached hydrogens (tertiary/aromatic N) is 3. The molecule has 0 fully saturated rings. The van der Waals surface area contributed by atoms with E-state index in [9.17, 15) is 4.79 Å². The van der Waals surface area contributed by atoms with Crippen LogP contribution in [-0.2, 0) is 4.74 Å². The van der Waals surface area contributed by atoms with Crippen molar-refractivity contribution in [2.45, 2.75) is 0 Å². The number of halogens is 2. The number of methoxy groups -OCH3 is 1. The molecule has 5 nitrogen and oxygen atoms in total. The van der Waals surface area contributed by atoms with Crippen LogP contribution in [-0.4, -0.2) is 27.8 Å². The summed E-state index contributed by atoms with van der Waals surface area (Å²) < 4.78 is 6.92. The molecular weight excluding hydrogens is 318 g/mol. The van der Waals surface area contributed by atoms with E-state index in [0.717, 1.165) is 15.8 Å². The zero-order valence-electron chi connectivity index (χ0n) is 7.98. The number of ether oxygens (including phenoxy) is 1. The Bertz CT molecular complexity index is 539. The summed E-state index contributed by atoms with van der Waals surface area (Å²) in [6, 6.07) is 0. The van der Waals surface area contributed by atoms with Crippen LogP contribution in [0.1, 0.15) is 9.67 Å². The van der Waals surface area contributed by atoms with Crippen LogP contribution in [0.5, 0.6) is 0 Å². The maximum Gasteiger partial charge on any atom is 0.351 e. The third kappa shape index (κ3) is 2.11. The third-order valence-corrected chi connectivity index (χ3v) is 3.51. The molecule has 0 amide bonds. The number of rotatable bonds is 2. The number of hydrogen-bond acceptors (Lipinski definition) is 5. The summed E-state index contributed by atoms with van der Waals surface area (Å²) in [6.07, 6.45) is 3.34. The summed E-state index contributed by atoms with van der Waals surface area (Å²) in [5.41, 5.74) is 0. The zero-order valence-corrected chi connectivity index (χ0v) is 11.1. The molecule has 2 aromatic rings. The quantitative estimate of drug-likeness (QED) is 0.797. The number of aromatic nitrogens is 3. The van der Waals surface area contributed by atoms with Crippen molar-refractivity contribution in [1.82, 2.24) is 14.8 Å². The summed E-state index contributed by atoms with van der Waals surface area (Å²) in [6.45, 7) is 0. The molecule has 0 aliphatic rings. The van der Waals surface area contributed by atoms with Crippen molar-refractivity contribution in [3.8, 4) is 5.13 Å². The zero-order chi connectivity index (χ0) is 11.7. The molecule has 2 rings (SSSR count). The lowest BCUT2D eigenvalue weighted by molar-refractivity contribution is 0.0606. The second-order valence-corrected chi connectivity index (χ2v) is 4.96. The van der Waals surface area contributed by atoms with Crippen LogP contribution in [0.4, 0.5) is 0 Å². The van der Waals surface area contributed by atoms with Crippen LogP contribution in [0.3, 0.4) is 0 Å². The van der Waals surface area contributed by atoms with Gasteiger partial charge < -0.3 is 4.74 Å². The van der Waals surface area contributed by atoms with E-state index in [2.05, 4.69) is 30.7 Å². The first-order chi connectivity index (χ1) is 7.61. The molecule has 0 atom stereocenters. The van der Waals surface area contributed by atoms with Gasteiger partial charge in [0.1, 0.15) is 0 Å². The van der Waals surface area contributed by atoms with Gasteiger partial charge in [-0.3, -0.25) is 0 Å². The van der Waals surface area contributed by atoms with Gasteiger partial charge in [-0.1, -0.05) is 22.9 Å². The SMILES string of the molecule is COC(=O)c1sc(-n2cc(Br)cn2)nc1Cl. The molecule has 2 heterocycles. The minimum Gasteiger partial charge on any atom is -0.465 e. The number of thiazole rings is 1. The molecule has 0 bridgehead atoms. The molecule has 16 heavy (non-hydrogen) atoms. The van der Waals surface area contributed by atoms with Crippen LogP contribution in [0, 0.1) is 0 Å². The first kappa shape index (κ1) is 11.6. The molecule has 0 aromatic carbocycles. The van der Waals surface area contributed by atoms with Crippen molar-refractivity contribution < 1.29 is 9.53 Å². The fourth-order valence-electron chi connectivity index (χ4n) is 1.01. The Labute approximate surface area is 108 Å². The number of esters is 1. The van der Waals surface area contributed by atoms with E-state index in [0.29, 0.717) is 5.13 Å². The summed E-state index contributed by atoms with van der Waals surface area (Å²) in [4.78, 5) is 15.6. The first-order valence-electron chi connectivity index (χ1n) is 4.07. The second kappa shape index (κ2) is 4.52. The number of carbonyl (C=O) groups is 1. The van der Waals surface area contributed by atoms with Gasteiger partial charge in [0.05, 0.1) is 17.8 Å². The summed E-state index contributed by atoms with van der Waals surface area (Å²) in [5.74, 6) is -0.500. The van der Waals surface area contributed by atoms with Gasteiger partial charge in [-0.15, -0.1) is 0 Å². The number of carbonyl (C=O) groups excluding carboxylic acids is 1. The lowest BCUT2D eigenvalue weighted by Crippen LogP contribution is -1.98. The average Bonchev–Trinajstić information content (AvgIpc) is 2.83. The van der Waals surface area contributed by atoms with Crippen molar-refractivity contribution >= 4 is 44.8 Å². The van der Waals surface area contributed by atoms with Crippen molar-refractivity contribution in [3.63, 3.8) is 0 Å². The normalized spacial score (nSPS) is 10.4. The standard InChI is InChI=1S/C8H5BrClN3O2S/c1-15-7(14)5-6(10)12-8(16-5)13-3-4(9)2-11-13/h2-3H,1H3. The van der Waals surface area contributed by atoms with Crippen molar-refractivity contribution in [3.05, 3.63) is 26.9 Å². The minimum absolute atomic E-state index is 0.124. The Kier molecular flexibility index (Phi) is 3.27. The molecule has 0 aliphatic heterocycles. The second-order valence-electron chi connectivity index (χ2n) is 2.71. The van der Waals surface area contributed by atoms with Crippen molar-refractivity contribution in [1.29, 1.82) is 0 Å². The summed E-state index contributed by atoms with van der Waals surface area (Å²) >= 11 is 10.2. The van der Waals surface area contributed by atoms with Crippen LogP contribution in [0.15, 0.2) is 16.9 Å². The average molecular weight is 323 g/mol. The molecule has 2 aromatic heterocycles. The lowest BCUT2D eigenvalue weighted by Gasteiger charge is -1.92. The van der Waals surface area contributed by atoms with Crippen LogP contribution in [0.2, 0.25) is 5.15 Å². The molecule has 84 valence electrons. The molecule has 0 saturated heterocycles. The maximum atomic E-state index is 11.3. The molecule has 0 aliphatic carbocycles. The van der Waals surface area contributed by atoms with Crippen molar-refractivity contribution in [2.24, 2.45) is 0 Å². The summed E-state index contributed by atoms with van der Waals surface area (Å²) in [7, 11) is 1.29. The fourth-order valence-corrected chi connectivity index (χ4v) is 2.43. The third-order valence-electron chi connectivity index (χ3n) is 1.69. The Morgan fingerprint density at radius 2 is 2.44 bits per heavy atom. The number of hydrogen-bond donors (Lipinski definition) is 0. The minimum atomic E-state index is -0.500. The summed E-state index contributed by atoms with van der Waals surface area (Å²) in [5, 5.41) is 4.67. The van der Waals surface area contributed by atoms with E-state index in [1.54, 1.807) is 12.4 Å². The molecule has 0 unspecified atom stereocenters. The fraction of sp³-hybridized carbons (Fsp3) is 0.125. The van der Waals surface area contributed by atoms with Crippen LogP contribution < -0.4 is 0 Å². The molecule has 0 spiro atoms. The highest BCUT2D eigenvalue weighted by Gasteiger charge is 2.18. The van der Waals surface area contributed by atoms with Gasteiger partial charge in [-0.25, -0.2) is 14.5 Å². The van der Waals surface area contributed by atoms with Gasteiger partial charge >= 0.3 is 5.97 Å². The lowest BCUT2D eigenvalue weighted by atomic mass is 10.6. The van der Waals surface area contributed by atoms with Gasteiger partial charge in [0, 0.05) is 6.20 Å². The molecule has 0 N–H and O–H groups in total. The Morgan fingerprint density at radius 3 is 3.00 bits per heavy atom. The van der Waals surface area contributed by atoms with Crippen molar-refractivity contribution in [2.75, 3.05) is 7.11 Å². The Hall–Kier alpha value is -0.920. The molecule has 0 radical (unpaired) electrons. The Morgan fingerprint density at radius 1 is 1.69 bits per heavy atom. The van der Waals surface area contributed by atoms with E-state index in [-0.39, 0.29) is 10.0 Å². The van der Waals surface area contributed by atoms with E-state index in [4.69, 9.17) is 11.6 Å². The van der Waals surface area contributed by atoms with Gasteiger partial charge in [0.25, 0.3) is 0 Å². The molecule has 8 heteroatoms. The molecular formula is C8H5BrClN3O2S. The smallest absolute Gasteiger partial charge is 0.351 e. The van der Waals surface area contributed by atoms with Crippen LogP contribution >= 0.6 is 38.9 Å². The van der Waals surface area contributed by atoms with Gasteiger partial charge in [-0.2, -0.15) is 5.10 Å². The van der Waals surface area contributed by atoms with E-state index >= 15 is 0 Å². The topological polar surface area (TPSA) is 57.0 Å². The highest BCUT2D eigenvalue weighted by molar-refractivity contribution is 9.10. The predicted octanol–water partition coefficient (Wildman–Crippen LogP) is 2.53.